The molecule has 1 fully saturated rings. The Morgan fingerprint density at radius 3 is 2.50 bits per heavy atom. The van der Waals surface area contributed by atoms with Crippen LogP contribution in [0.5, 0.6) is 0 Å². The van der Waals surface area contributed by atoms with Crippen LogP contribution in [0.25, 0.3) is 10.2 Å². The maximum atomic E-state index is 12.7. The predicted molar refractivity (Wildman–Crippen MR) is 110 cm³/mol. The SMILES string of the molecule is CCc1cccc2sc(N3CCN(C(=O)c4ccc([N+](=O)[O-])cc4)CC3)nc12. The summed E-state index contributed by atoms with van der Waals surface area (Å²) in [6.07, 6.45) is 0.956. The summed E-state index contributed by atoms with van der Waals surface area (Å²) in [5, 5.41) is 11.8. The van der Waals surface area contributed by atoms with Crippen molar-refractivity contribution in [2.75, 3.05) is 31.1 Å². The Hall–Kier alpha value is -3.00. The molecule has 0 N–H and O–H groups in total. The molecule has 2 aromatic carbocycles. The van der Waals surface area contributed by atoms with E-state index in [0.29, 0.717) is 18.7 Å². The molecule has 1 amide bonds. The standard InChI is InChI=1S/C20H20N4O3S/c1-2-14-4-3-5-17-18(14)21-20(28-17)23-12-10-22(11-13-23)19(25)15-6-8-16(9-7-15)24(26)27/h3-9H,2,10-13H2,1H3. The largest absolute Gasteiger partial charge is 0.345 e. The first-order valence-corrected chi connectivity index (χ1v) is 10.1. The number of hydrogen-bond donors (Lipinski definition) is 0. The maximum Gasteiger partial charge on any atom is 0.269 e. The van der Waals surface area contributed by atoms with Crippen LogP contribution in [0.1, 0.15) is 22.8 Å². The summed E-state index contributed by atoms with van der Waals surface area (Å²) in [6.45, 7) is 4.79. The van der Waals surface area contributed by atoms with Gasteiger partial charge in [-0.3, -0.25) is 14.9 Å². The summed E-state index contributed by atoms with van der Waals surface area (Å²) in [7, 11) is 0. The van der Waals surface area contributed by atoms with Crippen LogP contribution in [0.4, 0.5) is 10.8 Å². The quantitative estimate of drug-likeness (QED) is 0.496. The van der Waals surface area contributed by atoms with E-state index in [1.807, 2.05) is 0 Å². The van der Waals surface area contributed by atoms with Gasteiger partial charge in [0.2, 0.25) is 0 Å². The third kappa shape index (κ3) is 3.43. The molecular weight excluding hydrogens is 376 g/mol. The Labute approximate surface area is 166 Å². The fraction of sp³-hybridized carbons (Fsp3) is 0.300. The number of nitro groups is 1. The van der Waals surface area contributed by atoms with Crippen molar-refractivity contribution >= 4 is 38.3 Å². The van der Waals surface area contributed by atoms with Gasteiger partial charge in [-0.2, -0.15) is 0 Å². The van der Waals surface area contributed by atoms with E-state index in [1.54, 1.807) is 16.2 Å². The molecule has 0 unspecified atom stereocenters. The van der Waals surface area contributed by atoms with E-state index in [9.17, 15) is 14.9 Å². The molecule has 1 aliphatic rings. The number of amides is 1. The highest BCUT2D eigenvalue weighted by atomic mass is 32.1. The first kappa shape index (κ1) is 18.4. The van der Waals surface area contributed by atoms with Gasteiger partial charge in [0.1, 0.15) is 0 Å². The van der Waals surface area contributed by atoms with Gasteiger partial charge in [-0.25, -0.2) is 4.98 Å². The summed E-state index contributed by atoms with van der Waals surface area (Å²) in [4.78, 5) is 31.8. The van der Waals surface area contributed by atoms with Gasteiger partial charge < -0.3 is 9.80 Å². The molecule has 1 saturated heterocycles. The van der Waals surface area contributed by atoms with Gasteiger partial charge >= 0.3 is 0 Å². The van der Waals surface area contributed by atoms with Gasteiger partial charge in [0.15, 0.2) is 5.13 Å². The Bertz CT molecular complexity index is 1020. The predicted octanol–water partition coefficient (Wildman–Crippen LogP) is 3.73. The second-order valence-electron chi connectivity index (χ2n) is 6.70. The average molecular weight is 396 g/mol. The minimum atomic E-state index is -0.463. The number of carbonyl (C=O) groups is 1. The lowest BCUT2D eigenvalue weighted by Crippen LogP contribution is -2.48. The lowest BCUT2D eigenvalue weighted by Gasteiger charge is -2.34. The maximum absolute atomic E-state index is 12.7. The second kappa shape index (κ2) is 7.55. The number of aromatic nitrogens is 1. The van der Waals surface area contributed by atoms with Crippen molar-refractivity contribution in [2.45, 2.75) is 13.3 Å². The number of thiazole rings is 1. The van der Waals surface area contributed by atoms with Gasteiger partial charge in [0, 0.05) is 43.9 Å². The van der Waals surface area contributed by atoms with E-state index in [2.05, 4.69) is 30.0 Å². The smallest absolute Gasteiger partial charge is 0.269 e. The number of benzene rings is 2. The average Bonchev–Trinajstić information content (AvgIpc) is 3.18. The van der Waals surface area contributed by atoms with Crippen molar-refractivity contribution < 1.29 is 9.72 Å². The van der Waals surface area contributed by atoms with E-state index in [1.165, 1.54) is 34.5 Å². The fourth-order valence-electron chi connectivity index (χ4n) is 3.42. The summed E-state index contributed by atoms with van der Waals surface area (Å²) in [5.74, 6) is -0.0906. The molecule has 3 aromatic rings. The summed E-state index contributed by atoms with van der Waals surface area (Å²) < 4.78 is 1.19. The van der Waals surface area contributed by atoms with E-state index >= 15 is 0 Å². The number of aryl methyl sites for hydroxylation is 1. The van der Waals surface area contributed by atoms with E-state index in [-0.39, 0.29) is 11.6 Å². The van der Waals surface area contributed by atoms with Crippen LogP contribution in [-0.2, 0) is 6.42 Å². The third-order valence-electron chi connectivity index (χ3n) is 5.03. The van der Waals surface area contributed by atoms with Crippen molar-refractivity contribution in [3.05, 3.63) is 63.7 Å². The number of nitrogens with zero attached hydrogens (tertiary/aromatic N) is 4. The zero-order chi connectivity index (χ0) is 19.7. The van der Waals surface area contributed by atoms with Gasteiger partial charge in [0.05, 0.1) is 15.1 Å². The van der Waals surface area contributed by atoms with Crippen molar-refractivity contribution in [1.29, 1.82) is 0 Å². The molecule has 28 heavy (non-hydrogen) atoms. The van der Waals surface area contributed by atoms with Gasteiger partial charge in [-0.05, 0) is 30.2 Å². The van der Waals surface area contributed by atoms with Crippen LogP contribution in [0, 0.1) is 10.1 Å². The minimum absolute atomic E-state index is 0.0105. The fourth-order valence-corrected chi connectivity index (χ4v) is 4.49. The molecule has 4 rings (SSSR count). The van der Waals surface area contributed by atoms with Gasteiger partial charge in [0.25, 0.3) is 11.6 Å². The number of carbonyl (C=O) groups excluding carboxylic acids is 1. The molecule has 0 spiro atoms. The van der Waals surface area contributed by atoms with Crippen LogP contribution in [0.2, 0.25) is 0 Å². The Kier molecular flexibility index (Phi) is 4.95. The third-order valence-corrected chi connectivity index (χ3v) is 6.12. The van der Waals surface area contributed by atoms with Crippen LogP contribution in [-0.4, -0.2) is 46.9 Å². The lowest BCUT2D eigenvalue weighted by molar-refractivity contribution is -0.384. The second-order valence-corrected chi connectivity index (χ2v) is 7.71. The zero-order valence-electron chi connectivity index (χ0n) is 15.5. The molecular formula is C20H20N4O3S. The van der Waals surface area contributed by atoms with Crippen LogP contribution in [0.15, 0.2) is 42.5 Å². The number of hydrogen-bond acceptors (Lipinski definition) is 6. The zero-order valence-corrected chi connectivity index (χ0v) is 16.3. The molecule has 0 atom stereocenters. The van der Waals surface area contributed by atoms with E-state index in [0.717, 1.165) is 30.2 Å². The summed E-state index contributed by atoms with van der Waals surface area (Å²) >= 11 is 1.69. The topological polar surface area (TPSA) is 79.6 Å². The molecule has 8 heteroatoms. The molecule has 2 heterocycles. The molecule has 0 aliphatic carbocycles. The molecule has 0 saturated carbocycles. The Balaban J connectivity index is 1.44. The molecule has 0 bridgehead atoms. The minimum Gasteiger partial charge on any atom is -0.345 e. The number of rotatable bonds is 4. The number of piperazine rings is 1. The Morgan fingerprint density at radius 1 is 1.14 bits per heavy atom. The number of para-hydroxylation sites is 1. The Morgan fingerprint density at radius 2 is 1.86 bits per heavy atom. The molecule has 144 valence electrons. The van der Waals surface area contributed by atoms with Gasteiger partial charge in [-0.15, -0.1) is 0 Å². The van der Waals surface area contributed by atoms with Crippen molar-refractivity contribution in [2.24, 2.45) is 0 Å². The van der Waals surface area contributed by atoms with Gasteiger partial charge in [-0.1, -0.05) is 30.4 Å². The number of fused-ring (bicyclic) bond motifs is 1. The first-order chi connectivity index (χ1) is 13.6. The normalized spacial score (nSPS) is 14.5. The molecule has 1 aromatic heterocycles. The van der Waals surface area contributed by atoms with E-state index in [4.69, 9.17) is 4.98 Å². The van der Waals surface area contributed by atoms with Crippen molar-refractivity contribution in [3.8, 4) is 0 Å². The number of nitro benzene ring substituents is 1. The van der Waals surface area contributed by atoms with Crippen molar-refractivity contribution in [3.63, 3.8) is 0 Å². The monoisotopic (exact) mass is 396 g/mol. The highest BCUT2D eigenvalue weighted by Gasteiger charge is 2.24. The highest BCUT2D eigenvalue weighted by Crippen LogP contribution is 2.31. The van der Waals surface area contributed by atoms with E-state index < -0.39 is 4.92 Å². The van der Waals surface area contributed by atoms with Crippen molar-refractivity contribution in [1.82, 2.24) is 9.88 Å². The first-order valence-electron chi connectivity index (χ1n) is 9.24. The lowest BCUT2D eigenvalue weighted by atomic mass is 10.1. The molecule has 7 nitrogen and oxygen atoms in total. The number of anilines is 1. The molecule has 1 aliphatic heterocycles. The van der Waals surface area contributed by atoms with Crippen LogP contribution >= 0.6 is 11.3 Å². The highest BCUT2D eigenvalue weighted by molar-refractivity contribution is 7.22. The number of non-ortho nitro benzene ring substituents is 1. The summed E-state index contributed by atoms with van der Waals surface area (Å²) in [6, 6.07) is 12.1. The molecule has 0 radical (unpaired) electrons. The van der Waals surface area contributed by atoms with Crippen LogP contribution in [0.3, 0.4) is 0 Å². The van der Waals surface area contributed by atoms with Crippen LogP contribution < -0.4 is 4.90 Å². The summed E-state index contributed by atoms with van der Waals surface area (Å²) in [5.41, 5.74) is 2.80.